The third kappa shape index (κ3) is 4.47. The van der Waals surface area contributed by atoms with E-state index in [0.29, 0.717) is 6.04 Å². The smallest absolute Gasteiger partial charge is 0.254 e. The fourth-order valence-corrected chi connectivity index (χ4v) is 3.25. The van der Waals surface area contributed by atoms with Crippen molar-refractivity contribution in [2.24, 2.45) is 0 Å². The van der Waals surface area contributed by atoms with E-state index < -0.39 is 0 Å². The van der Waals surface area contributed by atoms with Gasteiger partial charge in [-0.1, -0.05) is 28.8 Å². The maximum Gasteiger partial charge on any atom is 0.254 e. The summed E-state index contributed by atoms with van der Waals surface area (Å²) in [6, 6.07) is 7.91. The second kappa shape index (κ2) is 7.83. The van der Waals surface area contributed by atoms with Crippen molar-refractivity contribution in [1.29, 1.82) is 0 Å². The normalized spacial score (nSPS) is 15.4. The van der Waals surface area contributed by atoms with Crippen molar-refractivity contribution < 1.29 is 9.53 Å². The highest BCUT2D eigenvalue weighted by molar-refractivity contribution is 9.09. The Hall–Kier alpha value is -1.03. The number of carbonyl (C=O) groups is 1. The molecule has 1 fully saturated rings. The van der Waals surface area contributed by atoms with Crippen molar-refractivity contribution in [2.75, 3.05) is 11.9 Å². The van der Waals surface area contributed by atoms with Gasteiger partial charge in [0.25, 0.3) is 5.91 Å². The molecule has 2 rings (SSSR count). The maximum atomic E-state index is 12.7. The zero-order valence-electron chi connectivity index (χ0n) is 12.8. The summed E-state index contributed by atoms with van der Waals surface area (Å²) in [5, 5.41) is 0.823. The van der Waals surface area contributed by atoms with Gasteiger partial charge >= 0.3 is 0 Å². The number of hydrogen-bond donors (Lipinski definition) is 0. The van der Waals surface area contributed by atoms with Gasteiger partial charge in [-0.15, -0.1) is 0 Å². The molecule has 1 saturated carbocycles. The van der Waals surface area contributed by atoms with Gasteiger partial charge < -0.3 is 9.64 Å². The highest BCUT2D eigenvalue weighted by atomic mass is 79.9. The minimum Gasteiger partial charge on any atom is -0.491 e. The van der Waals surface area contributed by atoms with E-state index in [9.17, 15) is 4.79 Å². The first-order chi connectivity index (χ1) is 10.1. The molecule has 21 heavy (non-hydrogen) atoms. The molecule has 0 N–H and O–H groups in total. The molecule has 1 aliphatic rings. The number of carbonyl (C=O) groups excluding carboxylic acids is 1. The Balaban J connectivity index is 2.08. The topological polar surface area (TPSA) is 29.5 Å². The highest BCUT2D eigenvalue weighted by Crippen LogP contribution is 2.25. The molecule has 1 aromatic carbocycles. The van der Waals surface area contributed by atoms with Gasteiger partial charge in [0.05, 0.1) is 6.10 Å². The van der Waals surface area contributed by atoms with Crippen molar-refractivity contribution >= 4 is 21.8 Å². The Morgan fingerprint density at radius 2 is 1.90 bits per heavy atom. The first-order valence-electron chi connectivity index (χ1n) is 7.75. The molecular formula is C17H24BrNO2. The van der Waals surface area contributed by atoms with Gasteiger partial charge in [-0.25, -0.2) is 0 Å². The second-order valence-electron chi connectivity index (χ2n) is 5.82. The third-order valence-corrected chi connectivity index (χ3v) is 4.18. The maximum absolute atomic E-state index is 12.7. The Labute approximate surface area is 135 Å². The lowest BCUT2D eigenvalue weighted by Gasteiger charge is -2.28. The lowest BCUT2D eigenvalue weighted by molar-refractivity contribution is 0.0696. The quantitative estimate of drug-likeness (QED) is 0.715. The minimum atomic E-state index is 0.137. The third-order valence-electron chi connectivity index (χ3n) is 3.82. The van der Waals surface area contributed by atoms with E-state index >= 15 is 0 Å². The summed E-state index contributed by atoms with van der Waals surface area (Å²) >= 11 is 3.46. The lowest BCUT2D eigenvalue weighted by Crippen LogP contribution is -2.40. The SMILES string of the molecule is CC(C)Oc1ccc(C(=O)N(CCBr)C2CCCC2)cc1. The van der Waals surface area contributed by atoms with E-state index in [1.54, 1.807) is 0 Å². The van der Waals surface area contributed by atoms with Crippen LogP contribution in [-0.4, -0.2) is 34.8 Å². The molecule has 0 aliphatic heterocycles. The van der Waals surface area contributed by atoms with Gasteiger partial charge in [-0.2, -0.15) is 0 Å². The predicted octanol–water partition coefficient (Wildman–Crippen LogP) is 4.25. The molecule has 0 atom stereocenters. The molecule has 1 aromatic rings. The number of ether oxygens (including phenoxy) is 1. The van der Waals surface area contributed by atoms with Crippen molar-refractivity contribution in [3.05, 3.63) is 29.8 Å². The zero-order chi connectivity index (χ0) is 15.2. The van der Waals surface area contributed by atoms with Crippen LogP contribution in [0.1, 0.15) is 49.9 Å². The summed E-state index contributed by atoms with van der Waals surface area (Å²) in [6.07, 6.45) is 4.88. The summed E-state index contributed by atoms with van der Waals surface area (Å²) in [6.45, 7) is 4.77. The minimum absolute atomic E-state index is 0.137. The van der Waals surface area contributed by atoms with Gasteiger partial charge in [0.2, 0.25) is 0 Å². The average molecular weight is 354 g/mol. The number of nitrogens with zero attached hydrogens (tertiary/aromatic N) is 1. The van der Waals surface area contributed by atoms with Crippen LogP contribution < -0.4 is 4.74 Å². The van der Waals surface area contributed by atoms with E-state index in [4.69, 9.17) is 4.74 Å². The summed E-state index contributed by atoms with van der Waals surface area (Å²) in [5.41, 5.74) is 0.749. The van der Waals surface area contributed by atoms with E-state index in [2.05, 4.69) is 15.9 Å². The Bertz CT molecular complexity index is 452. The first-order valence-corrected chi connectivity index (χ1v) is 8.87. The van der Waals surface area contributed by atoms with Crippen molar-refractivity contribution in [3.63, 3.8) is 0 Å². The number of benzene rings is 1. The molecule has 0 heterocycles. The molecule has 4 heteroatoms. The fourth-order valence-electron chi connectivity index (χ4n) is 2.87. The summed E-state index contributed by atoms with van der Waals surface area (Å²) in [7, 11) is 0. The van der Waals surface area contributed by atoms with Gasteiger partial charge in [0, 0.05) is 23.5 Å². The number of rotatable bonds is 6. The van der Waals surface area contributed by atoms with Gasteiger partial charge in [0.15, 0.2) is 0 Å². The fraction of sp³-hybridized carbons (Fsp3) is 0.588. The van der Waals surface area contributed by atoms with Crippen LogP contribution in [0.15, 0.2) is 24.3 Å². The van der Waals surface area contributed by atoms with E-state index in [-0.39, 0.29) is 12.0 Å². The Kier molecular flexibility index (Phi) is 6.09. The number of amides is 1. The second-order valence-corrected chi connectivity index (χ2v) is 6.61. The molecule has 0 unspecified atom stereocenters. The Morgan fingerprint density at radius 3 is 2.43 bits per heavy atom. The summed E-state index contributed by atoms with van der Waals surface area (Å²) in [5.74, 6) is 0.951. The predicted molar refractivity (Wildman–Crippen MR) is 89.3 cm³/mol. The number of alkyl halides is 1. The largest absolute Gasteiger partial charge is 0.491 e. The monoisotopic (exact) mass is 353 g/mol. The molecule has 1 aliphatic carbocycles. The molecule has 0 aromatic heterocycles. The van der Waals surface area contributed by atoms with Crippen LogP contribution >= 0.6 is 15.9 Å². The van der Waals surface area contributed by atoms with Crippen LogP contribution in [-0.2, 0) is 0 Å². The molecular weight excluding hydrogens is 330 g/mol. The highest BCUT2D eigenvalue weighted by Gasteiger charge is 2.26. The lowest BCUT2D eigenvalue weighted by atomic mass is 10.1. The van der Waals surface area contributed by atoms with Gasteiger partial charge in [0.1, 0.15) is 5.75 Å². The van der Waals surface area contributed by atoms with Crippen LogP contribution in [0.25, 0.3) is 0 Å². The van der Waals surface area contributed by atoms with Crippen LogP contribution in [0, 0.1) is 0 Å². The van der Waals surface area contributed by atoms with Crippen LogP contribution in [0.3, 0.4) is 0 Å². The standard InChI is InChI=1S/C17H24BrNO2/c1-13(2)21-16-9-7-14(8-10-16)17(20)19(12-11-18)15-5-3-4-6-15/h7-10,13,15H,3-6,11-12H2,1-2H3. The average Bonchev–Trinajstić information content (AvgIpc) is 2.98. The van der Waals surface area contributed by atoms with E-state index in [0.717, 1.165) is 36.0 Å². The summed E-state index contributed by atoms with van der Waals surface area (Å²) in [4.78, 5) is 14.7. The number of hydrogen-bond acceptors (Lipinski definition) is 2. The van der Waals surface area contributed by atoms with Crippen LogP contribution in [0.2, 0.25) is 0 Å². The first kappa shape index (κ1) is 16.3. The molecule has 0 bridgehead atoms. The van der Waals surface area contributed by atoms with Crippen molar-refractivity contribution in [3.8, 4) is 5.75 Å². The van der Waals surface area contributed by atoms with E-state index in [1.165, 1.54) is 12.8 Å². The van der Waals surface area contributed by atoms with Gasteiger partial charge in [-0.3, -0.25) is 4.79 Å². The van der Waals surface area contributed by atoms with Crippen molar-refractivity contribution in [1.82, 2.24) is 4.90 Å². The van der Waals surface area contributed by atoms with Crippen LogP contribution in [0.5, 0.6) is 5.75 Å². The molecule has 0 saturated heterocycles. The van der Waals surface area contributed by atoms with Crippen molar-refractivity contribution in [2.45, 2.75) is 51.7 Å². The molecule has 116 valence electrons. The summed E-state index contributed by atoms with van der Waals surface area (Å²) < 4.78 is 5.62. The zero-order valence-corrected chi connectivity index (χ0v) is 14.4. The van der Waals surface area contributed by atoms with E-state index in [1.807, 2.05) is 43.0 Å². The van der Waals surface area contributed by atoms with Gasteiger partial charge in [-0.05, 0) is 51.0 Å². The molecule has 1 amide bonds. The Morgan fingerprint density at radius 1 is 1.29 bits per heavy atom. The van der Waals surface area contributed by atoms with Crippen LogP contribution in [0.4, 0.5) is 0 Å². The molecule has 3 nitrogen and oxygen atoms in total. The molecule has 0 radical (unpaired) electrons. The number of halogens is 1. The molecule has 0 spiro atoms.